The molecule has 0 radical (unpaired) electrons. The van der Waals surface area contributed by atoms with Crippen molar-refractivity contribution in [3.8, 4) is 0 Å². The molecule has 1 aliphatic heterocycles. The van der Waals surface area contributed by atoms with E-state index in [4.69, 9.17) is 0 Å². The third-order valence-corrected chi connectivity index (χ3v) is 4.60. The second kappa shape index (κ2) is 14.1. The summed E-state index contributed by atoms with van der Waals surface area (Å²) in [5.41, 5.74) is 0. The van der Waals surface area contributed by atoms with Crippen LogP contribution in [0.2, 0.25) is 0 Å². The lowest BCUT2D eigenvalue weighted by atomic mass is 10.2. The number of guanidine groups is 1. The van der Waals surface area contributed by atoms with Gasteiger partial charge < -0.3 is 15.5 Å². The normalized spacial score (nSPS) is 16.1. The molecule has 0 amide bonds. The van der Waals surface area contributed by atoms with Crippen LogP contribution in [0.1, 0.15) is 53.4 Å². The minimum Gasteiger partial charge on any atom is -0.356 e. The Bertz CT molecular complexity index is 319. The molecule has 144 valence electrons. The fourth-order valence-electron chi connectivity index (χ4n) is 3.31. The molecule has 6 heteroatoms. The van der Waals surface area contributed by atoms with Gasteiger partial charge in [0.05, 0.1) is 0 Å². The van der Waals surface area contributed by atoms with E-state index in [9.17, 15) is 0 Å². The van der Waals surface area contributed by atoms with Crippen molar-refractivity contribution in [3.63, 3.8) is 0 Å². The third-order valence-electron chi connectivity index (χ3n) is 4.60. The molecule has 0 bridgehead atoms. The number of unbranched alkanes of at least 4 members (excludes halogenated alkanes) is 1. The zero-order valence-electron chi connectivity index (χ0n) is 16.5. The first kappa shape index (κ1) is 23.9. The molecule has 1 rings (SSSR count). The van der Waals surface area contributed by atoms with Crippen molar-refractivity contribution in [2.24, 2.45) is 4.99 Å². The molecule has 1 saturated heterocycles. The van der Waals surface area contributed by atoms with Crippen LogP contribution in [-0.4, -0.2) is 74.2 Å². The van der Waals surface area contributed by atoms with E-state index in [0.29, 0.717) is 12.1 Å². The quantitative estimate of drug-likeness (QED) is 0.231. The van der Waals surface area contributed by atoms with Crippen LogP contribution in [0.25, 0.3) is 0 Å². The summed E-state index contributed by atoms with van der Waals surface area (Å²) < 4.78 is 0. The van der Waals surface area contributed by atoms with E-state index in [1.165, 1.54) is 45.3 Å². The van der Waals surface area contributed by atoms with Crippen LogP contribution in [-0.2, 0) is 0 Å². The van der Waals surface area contributed by atoms with Gasteiger partial charge in [-0.15, -0.1) is 24.0 Å². The van der Waals surface area contributed by atoms with Gasteiger partial charge in [0.2, 0.25) is 0 Å². The number of rotatable bonds is 10. The lowest BCUT2D eigenvalue weighted by Gasteiger charge is -2.30. The average Bonchev–Trinajstić information content (AvgIpc) is 3.01. The SMILES string of the molecule is CN=C(NCCCCN1CCCC1)NCCN(C(C)C)C(C)C.I. The predicted octanol–water partition coefficient (Wildman–Crippen LogP) is 2.76. The van der Waals surface area contributed by atoms with E-state index in [-0.39, 0.29) is 24.0 Å². The van der Waals surface area contributed by atoms with Crippen molar-refractivity contribution in [2.75, 3.05) is 46.3 Å². The first-order valence-corrected chi connectivity index (χ1v) is 9.47. The Morgan fingerprint density at radius 2 is 1.58 bits per heavy atom. The zero-order chi connectivity index (χ0) is 17.1. The van der Waals surface area contributed by atoms with Crippen LogP contribution in [0, 0.1) is 0 Å². The number of hydrogen-bond acceptors (Lipinski definition) is 3. The second-order valence-electron chi connectivity index (χ2n) is 7.11. The summed E-state index contributed by atoms with van der Waals surface area (Å²) in [6, 6.07) is 1.16. The molecule has 0 aliphatic carbocycles. The highest BCUT2D eigenvalue weighted by Gasteiger charge is 2.13. The van der Waals surface area contributed by atoms with Crippen molar-refractivity contribution in [1.29, 1.82) is 0 Å². The van der Waals surface area contributed by atoms with Crippen molar-refractivity contribution < 1.29 is 0 Å². The van der Waals surface area contributed by atoms with Gasteiger partial charge in [0.15, 0.2) is 5.96 Å². The smallest absolute Gasteiger partial charge is 0.191 e. The van der Waals surface area contributed by atoms with Gasteiger partial charge in [-0.1, -0.05) is 0 Å². The van der Waals surface area contributed by atoms with E-state index in [1.807, 2.05) is 7.05 Å². The highest BCUT2D eigenvalue weighted by atomic mass is 127. The molecule has 24 heavy (non-hydrogen) atoms. The zero-order valence-corrected chi connectivity index (χ0v) is 18.8. The van der Waals surface area contributed by atoms with Crippen molar-refractivity contribution in [1.82, 2.24) is 20.4 Å². The molecular formula is C18H40IN5. The van der Waals surface area contributed by atoms with Gasteiger partial charge in [0.1, 0.15) is 0 Å². The Balaban J connectivity index is 0.00000529. The Labute approximate surface area is 167 Å². The molecule has 0 spiro atoms. The second-order valence-corrected chi connectivity index (χ2v) is 7.11. The maximum atomic E-state index is 4.32. The van der Waals surface area contributed by atoms with Crippen molar-refractivity contribution in [3.05, 3.63) is 0 Å². The molecule has 0 unspecified atom stereocenters. The van der Waals surface area contributed by atoms with Crippen LogP contribution in [0.15, 0.2) is 4.99 Å². The minimum absolute atomic E-state index is 0. The summed E-state index contributed by atoms with van der Waals surface area (Å²) in [6.07, 6.45) is 5.26. The Morgan fingerprint density at radius 1 is 1.00 bits per heavy atom. The number of hydrogen-bond donors (Lipinski definition) is 2. The summed E-state index contributed by atoms with van der Waals surface area (Å²) in [6.45, 7) is 15.9. The largest absolute Gasteiger partial charge is 0.356 e. The summed E-state index contributed by atoms with van der Waals surface area (Å²) in [7, 11) is 1.85. The monoisotopic (exact) mass is 453 g/mol. The van der Waals surface area contributed by atoms with Crippen LogP contribution in [0.4, 0.5) is 0 Å². The van der Waals surface area contributed by atoms with E-state index >= 15 is 0 Å². The first-order valence-electron chi connectivity index (χ1n) is 9.47. The number of nitrogens with one attached hydrogen (secondary N) is 2. The van der Waals surface area contributed by atoms with Gasteiger partial charge in [0.25, 0.3) is 0 Å². The van der Waals surface area contributed by atoms with Gasteiger partial charge in [0, 0.05) is 38.8 Å². The lowest BCUT2D eigenvalue weighted by Crippen LogP contribution is -2.45. The average molecular weight is 453 g/mol. The maximum Gasteiger partial charge on any atom is 0.191 e. The summed E-state index contributed by atoms with van der Waals surface area (Å²) >= 11 is 0. The molecule has 0 saturated carbocycles. The van der Waals surface area contributed by atoms with Crippen LogP contribution >= 0.6 is 24.0 Å². The van der Waals surface area contributed by atoms with Crippen molar-refractivity contribution >= 4 is 29.9 Å². The topological polar surface area (TPSA) is 42.9 Å². The van der Waals surface area contributed by atoms with E-state index < -0.39 is 0 Å². The van der Waals surface area contributed by atoms with Crippen molar-refractivity contribution in [2.45, 2.75) is 65.5 Å². The van der Waals surface area contributed by atoms with Crippen LogP contribution in [0.5, 0.6) is 0 Å². The number of likely N-dealkylation sites (tertiary alicyclic amines) is 1. The summed E-state index contributed by atoms with van der Waals surface area (Å²) in [5, 5.41) is 6.86. The van der Waals surface area contributed by atoms with E-state index in [0.717, 1.165) is 25.6 Å². The number of halogens is 1. The Hall–Kier alpha value is -0.0800. The number of aliphatic imine (C=N–C) groups is 1. The van der Waals surface area contributed by atoms with Crippen LogP contribution < -0.4 is 10.6 Å². The molecule has 0 aromatic rings. The molecule has 0 atom stereocenters. The highest BCUT2D eigenvalue weighted by molar-refractivity contribution is 14.0. The molecule has 0 aromatic heterocycles. The third kappa shape index (κ3) is 10.0. The Morgan fingerprint density at radius 3 is 2.12 bits per heavy atom. The van der Waals surface area contributed by atoms with E-state index in [2.05, 4.69) is 53.1 Å². The maximum absolute atomic E-state index is 4.32. The molecule has 1 aliphatic rings. The molecular weight excluding hydrogens is 413 g/mol. The number of nitrogens with zero attached hydrogens (tertiary/aromatic N) is 3. The predicted molar refractivity (Wildman–Crippen MR) is 117 cm³/mol. The van der Waals surface area contributed by atoms with Gasteiger partial charge in [-0.2, -0.15) is 0 Å². The molecule has 1 fully saturated rings. The molecule has 5 nitrogen and oxygen atoms in total. The highest BCUT2D eigenvalue weighted by Crippen LogP contribution is 2.07. The van der Waals surface area contributed by atoms with Gasteiger partial charge in [-0.25, -0.2) is 0 Å². The van der Waals surface area contributed by atoms with Crippen LogP contribution in [0.3, 0.4) is 0 Å². The summed E-state index contributed by atoms with van der Waals surface area (Å²) in [5.74, 6) is 0.929. The van der Waals surface area contributed by atoms with Gasteiger partial charge >= 0.3 is 0 Å². The Kier molecular flexibility index (Phi) is 14.1. The lowest BCUT2D eigenvalue weighted by molar-refractivity contribution is 0.178. The molecule has 1 heterocycles. The first-order chi connectivity index (χ1) is 11.0. The molecule has 0 aromatic carbocycles. The van der Waals surface area contributed by atoms with E-state index in [1.54, 1.807) is 0 Å². The minimum atomic E-state index is 0. The standard InChI is InChI=1S/C18H39N5.HI/c1-16(2)23(17(3)4)15-11-21-18(19-5)20-10-6-7-12-22-13-8-9-14-22;/h16-17H,6-15H2,1-5H3,(H2,19,20,21);1H. The van der Waals surface area contributed by atoms with Gasteiger partial charge in [-0.05, 0) is 73.0 Å². The molecule has 2 N–H and O–H groups in total. The van der Waals surface area contributed by atoms with Gasteiger partial charge in [-0.3, -0.25) is 9.89 Å². The fraction of sp³-hybridized carbons (Fsp3) is 0.944. The summed E-state index contributed by atoms with van der Waals surface area (Å²) in [4.78, 5) is 9.39. The fourth-order valence-corrected chi connectivity index (χ4v) is 3.31.